The highest BCUT2D eigenvalue weighted by molar-refractivity contribution is 6.09. The molecule has 0 aromatic carbocycles. The number of anilines is 1. The zero-order chi connectivity index (χ0) is 19.4. The molecule has 1 amide bonds. The number of fused-ring (bicyclic) bond motifs is 1. The van der Waals surface area contributed by atoms with Gasteiger partial charge >= 0.3 is 0 Å². The van der Waals surface area contributed by atoms with Crippen LogP contribution in [0.25, 0.3) is 28.4 Å². The molecule has 10 nitrogen and oxygen atoms in total. The molecule has 1 saturated carbocycles. The number of imidazole rings is 1. The Morgan fingerprint density at radius 3 is 2.71 bits per heavy atom. The maximum absolute atomic E-state index is 13.0. The molecule has 10 heteroatoms. The molecule has 0 spiro atoms. The largest absolute Gasteiger partial charge is 0.382 e. The minimum absolute atomic E-state index is 0.189. The Labute approximate surface area is 160 Å². The number of nitrogens with zero attached hydrogens (tertiary/aromatic N) is 7. The summed E-state index contributed by atoms with van der Waals surface area (Å²) in [6, 6.07) is 2.07. The van der Waals surface area contributed by atoms with Gasteiger partial charge in [0.2, 0.25) is 5.82 Å². The van der Waals surface area contributed by atoms with E-state index in [4.69, 9.17) is 5.73 Å². The van der Waals surface area contributed by atoms with Crippen molar-refractivity contribution >= 4 is 17.2 Å². The van der Waals surface area contributed by atoms with Crippen LogP contribution in [0.4, 0.5) is 5.82 Å². The summed E-state index contributed by atoms with van der Waals surface area (Å²) in [6.07, 6.45) is 9.06. The number of rotatable bonds is 4. The molecule has 142 valence electrons. The van der Waals surface area contributed by atoms with Crippen LogP contribution in [0.3, 0.4) is 0 Å². The van der Waals surface area contributed by atoms with Gasteiger partial charge in [-0.2, -0.15) is 5.10 Å². The molecule has 3 N–H and O–H groups in total. The van der Waals surface area contributed by atoms with E-state index in [2.05, 4.69) is 25.5 Å². The van der Waals surface area contributed by atoms with Gasteiger partial charge in [-0.05, 0) is 18.9 Å². The number of aromatic nitrogens is 7. The molecule has 4 aromatic rings. The van der Waals surface area contributed by atoms with Crippen molar-refractivity contribution in [2.24, 2.45) is 14.1 Å². The lowest BCUT2D eigenvalue weighted by Crippen LogP contribution is -2.26. The summed E-state index contributed by atoms with van der Waals surface area (Å²) < 4.78 is 5.09. The summed E-state index contributed by atoms with van der Waals surface area (Å²) in [5.74, 6) is 1.00. The van der Waals surface area contributed by atoms with E-state index in [-0.39, 0.29) is 17.8 Å². The number of carbonyl (C=O) groups is 1. The molecule has 0 bridgehead atoms. The number of nitrogens with two attached hydrogens (primary N) is 1. The highest BCUT2D eigenvalue weighted by Gasteiger charge is 2.29. The van der Waals surface area contributed by atoms with Gasteiger partial charge in [-0.15, -0.1) is 5.10 Å². The second-order valence-electron chi connectivity index (χ2n) is 7.02. The summed E-state index contributed by atoms with van der Waals surface area (Å²) in [5.41, 5.74) is 8.53. The number of hydrogen-bond acceptors (Lipinski definition) is 6. The van der Waals surface area contributed by atoms with E-state index in [1.165, 1.54) is 0 Å². The summed E-state index contributed by atoms with van der Waals surface area (Å²) in [7, 11) is 3.69. The molecular weight excluding hydrogens is 358 g/mol. The van der Waals surface area contributed by atoms with Crippen molar-refractivity contribution in [1.82, 2.24) is 39.2 Å². The highest BCUT2D eigenvalue weighted by Crippen LogP contribution is 2.31. The second-order valence-corrected chi connectivity index (χ2v) is 7.02. The molecule has 4 aromatic heterocycles. The topological polar surface area (TPSA) is 121 Å². The van der Waals surface area contributed by atoms with Gasteiger partial charge in [-0.1, -0.05) is 0 Å². The van der Waals surface area contributed by atoms with E-state index in [9.17, 15) is 4.79 Å². The lowest BCUT2D eigenvalue weighted by atomic mass is 10.1. The molecule has 0 saturated heterocycles. The average molecular weight is 377 g/mol. The third-order valence-electron chi connectivity index (χ3n) is 4.81. The predicted molar refractivity (Wildman–Crippen MR) is 102 cm³/mol. The maximum Gasteiger partial charge on any atom is 0.254 e. The normalized spacial score (nSPS) is 13.9. The third kappa shape index (κ3) is 2.61. The molecule has 4 heterocycles. The van der Waals surface area contributed by atoms with E-state index in [1.807, 2.05) is 37.1 Å². The minimum atomic E-state index is -0.189. The monoisotopic (exact) mass is 377 g/mol. The van der Waals surface area contributed by atoms with Crippen LogP contribution in [-0.2, 0) is 14.1 Å². The molecule has 0 radical (unpaired) electrons. The molecule has 0 unspecified atom stereocenters. The highest BCUT2D eigenvalue weighted by atomic mass is 16.1. The van der Waals surface area contributed by atoms with Crippen LogP contribution >= 0.6 is 0 Å². The zero-order valence-electron chi connectivity index (χ0n) is 15.5. The van der Waals surface area contributed by atoms with E-state index in [0.717, 1.165) is 12.8 Å². The molecule has 1 aliphatic carbocycles. The van der Waals surface area contributed by atoms with Crippen LogP contribution < -0.4 is 11.1 Å². The molecular formula is C18H19N9O. The Morgan fingerprint density at radius 2 is 2.07 bits per heavy atom. The second kappa shape index (κ2) is 5.91. The van der Waals surface area contributed by atoms with Crippen molar-refractivity contribution in [2.45, 2.75) is 18.9 Å². The van der Waals surface area contributed by atoms with Gasteiger partial charge in [0, 0.05) is 50.5 Å². The van der Waals surface area contributed by atoms with Crippen LogP contribution in [0.15, 0.2) is 30.9 Å². The summed E-state index contributed by atoms with van der Waals surface area (Å²) in [4.78, 5) is 21.7. The first kappa shape index (κ1) is 16.5. The lowest BCUT2D eigenvalue weighted by molar-refractivity contribution is 0.0953. The van der Waals surface area contributed by atoms with Gasteiger partial charge in [-0.25, -0.2) is 14.5 Å². The maximum atomic E-state index is 13.0. The number of nitrogens with one attached hydrogen (secondary N) is 1. The first-order valence-electron chi connectivity index (χ1n) is 8.98. The summed E-state index contributed by atoms with van der Waals surface area (Å²) in [5, 5.41) is 12.0. The quantitative estimate of drug-likeness (QED) is 0.547. The zero-order valence-corrected chi connectivity index (χ0v) is 15.5. The van der Waals surface area contributed by atoms with Crippen LogP contribution in [0, 0.1) is 0 Å². The van der Waals surface area contributed by atoms with E-state index in [1.54, 1.807) is 21.6 Å². The fourth-order valence-corrected chi connectivity index (χ4v) is 3.25. The lowest BCUT2D eigenvalue weighted by Gasteiger charge is -2.07. The standard InChI is InChI=1S/C18H19N9O/c1-25-8-6-20-17(25)16-22-15(19)14-13(18(28)21-10-3-4-10)11(9-27(14)24-16)12-5-7-26(2)23-12/h5-10H,3-4H2,1-2H3,(H,21,28)(H2,19,22,24). The first-order valence-corrected chi connectivity index (χ1v) is 8.98. The summed E-state index contributed by atoms with van der Waals surface area (Å²) >= 11 is 0. The van der Waals surface area contributed by atoms with Crippen LogP contribution in [0.1, 0.15) is 23.2 Å². The fraction of sp³-hybridized carbons (Fsp3) is 0.278. The number of nitrogen functional groups attached to an aromatic ring is 1. The molecule has 0 atom stereocenters. The third-order valence-corrected chi connectivity index (χ3v) is 4.81. The van der Waals surface area contributed by atoms with Crippen molar-refractivity contribution in [2.75, 3.05) is 5.73 Å². The van der Waals surface area contributed by atoms with Gasteiger partial charge in [0.05, 0.1) is 11.3 Å². The number of hydrogen-bond donors (Lipinski definition) is 2. The first-order chi connectivity index (χ1) is 13.5. The molecule has 1 aliphatic rings. The van der Waals surface area contributed by atoms with Crippen molar-refractivity contribution in [1.29, 1.82) is 0 Å². The van der Waals surface area contributed by atoms with Gasteiger partial charge in [0.1, 0.15) is 5.52 Å². The molecule has 28 heavy (non-hydrogen) atoms. The van der Waals surface area contributed by atoms with Crippen molar-refractivity contribution in [3.05, 3.63) is 36.4 Å². The number of aryl methyl sites for hydroxylation is 2. The molecule has 5 rings (SSSR count). The molecule has 1 fully saturated rings. The van der Waals surface area contributed by atoms with Crippen molar-refractivity contribution in [3.63, 3.8) is 0 Å². The molecule has 0 aliphatic heterocycles. The van der Waals surface area contributed by atoms with Crippen LogP contribution in [0.5, 0.6) is 0 Å². The van der Waals surface area contributed by atoms with E-state index < -0.39 is 0 Å². The Morgan fingerprint density at radius 1 is 1.25 bits per heavy atom. The van der Waals surface area contributed by atoms with Gasteiger partial charge in [0.15, 0.2) is 11.6 Å². The van der Waals surface area contributed by atoms with Crippen LogP contribution in [-0.4, -0.2) is 45.9 Å². The van der Waals surface area contributed by atoms with Gasteiger partial charge < -0.3 is 15.6 Å². The number of carbonyl (C=O) groups excluding carboxylic acids is 1. The Bertz CT molecular complexity index is 1210. The Kier molecular flexibility index (Phi) is 3.48. The van der Waals surface area contributed by atoms with Gasteiger partial charge in [-0.3, -0.25) is 9.48 Å². The fourth-order valence-electron chi connectivity index (χ4n) is 3.25. The Balaban J connectivity index is 1.73. The van der Waals surface area contributed by atoms with Crippen molar-refractivity contribution in [3.8, 4) is 22.9 Å². The minimum Gasteiger partial charge on any atom is -0.382 e. The number of amides is 1. The van der Waals surface area contributed by atoms with E-state index in [0.29, 0.717) is 34.0 Å². The smallest absolute Gasteiger partial charge is 0.254 e. The predicted octanol–water partition coefficient (Wildman–Crippen LogP) is 1.00. The van der Waals surface area contributed by atoms with Gasteiger partial charge in [0.25, 0.3) is 5.91 Å². The summed E-state index contributed by atoms with van der Waals surface area (Å²) in [6.45, 7) is 0. The van der Waals surface area contributed by atoms with Crippen LogP contribution in [0.2, 0.25) is 0 Å². The Hall–Kier alpha value is -3.69. The SMILES string of the molecule is Cn1ccc(-c2cn3nc(-c4nccn4C)nc(N)c3c2C(=O)NC2CC2)n1. The average Bonchev–Trinajstić information content (AvgIpc) is 3.05. The van der Waals surface area contributed by atoms with Crippen molar-refractivity contribution < 1.29 is 4.79 Å². The van der Waals surface area contributed by atoms with E-state index >= 15 is 0 Å².